The maximum absolute atomic E-state index is 8.34. The summed E-state index contributed by atoms with van der Waals surface area (Å²) >= 11 is 1.60. The van der Waals surface area contributed by atoms with Crippen LogP contribution in [0.25, 0.3) is 20.7 Å². The number of thiophene rings is 1. The lowest BCUT2D eigenvalue weighted by molar-refractivity contribution is 1.18. The van der Waals surface area contributed by atoms with Crippen molar-refractivity contribution >= 4 is 27.4 Å². The molecule has 0 bridgehead atoms. The molecule has 0 saturated heterocycles. The van der Waals surface area contributed by atoms with Gasteiger partial charge in [0.25, 0.3) is 0 Å². The summed E-state index contributed by atoms with van der Waals surface area (Å²) < 4.78 is 0. The highest BCUT2D eigenvalue weighted by Crippen LogP contribution is 2.29. The molecule has 0 atom stereocenters. The maximum atomic E-state index is 8.34. The molecule has 0 saturated carbocycles. The number of fused-ring (bicyclic) bond motifs is 1. The van der Waals surface area contributed by atoms with Gasteiger partial charge in [0.15, 0.2) is 0 Å². The van der Waals surface area contributed by atoms with Crippen molar-refractivity contribution in [3.63, 3.8) is 0 Å². The quantitative estimate of drug-likeness (QED) is 0.429. The first kappa shape index (κ1) is 8.93. The van der Waals surface area contributed by atoms with Crippen LogP contribution in [0.3, 0.4) is 0 Å². The van der Waals surface area contributed by atoms with Gasteiger partial charge in [0.05, 0.1) is 0 Å². The van der Waals surface area contributed by atoms with Crippen LogP contribution in [0.5, 0.6) is 0 Å². The van der Waals surface area contributed by atoms with Crippen LogP contribution in [0.15, 0.2) is 17.5 Å². The summed E-state index contributed by atoms with van der Waals surface area (Å²) in [6, 6.07) is 1.98. The fourth-order valence-electron chi connectivity index (χ4n) is 1.19. The van der Waals surface area contributed by atoms with Crippen molar-refractivity contribution in [2.75, 3.05) is 0 Å². The molecular formula is C8H7N5S. The third-order valence-electron chi connectivity index (χ3n) is 1.85. The van der Waals surface area contributed by atoms with Crippen LogP contribution in [-0.4, -0.2) is 9.97 Å². The molecule has 0 aliphatic heterocycles. The number of azide groups is 1. The Morgan fingerprint density at radius 1 is 1.57 bits per heavy atom. The number of rotatable bonds is 2. The van der Waals surface area contributed by atoms with Crippen molar-refractivity contribution in [2.24, 2.45) is 5.11 Å². The molecule has 0 unspecified atom stereocenters. The maximum Gasteiger partial charge on any atom is 0.138 e. The average molecular weight is 205 g/mol. The topological polar surface area (TPSA) is 74.5 Å². The Labute approximate surface area is 84.1 Å². The third kappa shape index (κ3) is 1.41. The predicted molar refractivity (Wildman–Crippen MR) is 55.6 cm³/mol. The van der Waals surface area contributed by atoms with E-state index < -0.39 is 0 Å². The lowest BCUT2D eigenvalue weighted by atomic mass is 10.3. The summed E-state index contributed by atoms with van der Waals surface area (Å²) in [5, 5.41) is 4.36. The van der Waals surface area contributed by atoms with Crippen molar-refractivity contribution < 1.29 is 0 Å². The van der Waals surface area contributed by atoms with Gasteiger partial charge < -0.3 is 0 Å². The van der Waals surface area contributed by atoms with Gasteiger partial charge in [-0.3, -0.25) is 0 Å². The first-order valence-corrected chi connectivity index (χ1v) is 4.95. The standard InChI is InChI=1S/C8H7N5S/c1-2-5-3-6-7(12-13-9)10-4-11-8(6)14-5/h3-4H,2H2,1H3. The van der Waals surface area contributed by atoms with Crippen LogP contribution in [0, 0.1) is 0 Å². The highest BCUT2D eigenvalue weighted by Gasteiger charge is 2.05. The minimum Gasteiger partial charge on any atom is -0.234 e. The molecule has 2 aromatic rings. The van der Waals surface area contributed by atoms with Gasteiger partial charge in [-0.1, -0.05) is 6.92 Å². The minimum absolute atomic E-state index is 0.411. The largest absolute Gasteiger partial charge is 0.234 e. The second-order valence-corrected chi connectivity index (χ2v) is 3.79. The van der Waals surface area contributed by atoms with Crippen molar-refractivity contribution in [3.8, 4) is 0 Å². The van der Waals surface area contributed by atoms with E-state index >= 15 is 0 Å². The smallest absolute Gasteiger partial charge is 0.138 e. The van der Waals surface area contributed by atoms with Gasteiger partial charge in [-0.05, 0) is 23.1 Å². The molecule has 0 radical (unpaired) electrons. The Kier molecular flexibility index (Phi) is 2.30. The van der Waals surface area contributed by atoms with E-state index in [4.69, 9.17) is 5.53 Å². The zero-order valence-electron chi connectivity index (χ0n) is 7.51. The van der Waals surface area contributed by atoms with E-state index in [-0.39, 0.29) is 0 Å². The molecular weight excluding hydrogens is 198 g/mol. The summed E-state index contributed by atoms with van der Waals surface area (Å²) in [7, 11) is 0. The van der Waals surface area contributed by atoms with Gasteiger partial charge >= 0.3 is 0 Å². The molecule has 2 aromatic heterocycles. The number of hydrogen-bond donors (Lipinski definition) is 0. The normalized spacial score (nSPS) is 10.1. The van der Waals surface area contributed by atoms with Gasteiger partial charge in [0.1, 0.15) is 17.0 Å². The monoisotopic (exact) mass is 205 g/mol. The van der Waals surface area contributed by atoms with Crippen molar-refractivity contribution in [1.82, 2.24) is 9.97 Å². The zero-order valence-corrected chi connectivity index (χ0v) is 8.32. The van der Waals surface area contributed by atoms with Crippen LogP contribution >= 0.6 is 11.3 Å². The van der Waals surface area contributed by atoms with Gasteiger partial charge in [-0.2, -0.15) is 0 Å². The Morgan fingerprint density at radius 3 is 3.14 bits per heavy atom. The Hall–Kier alpha value is -1.65. The van der Waals surface area contributed by atoms with Crippen LogP contribution in [-0.2, 0) is 6.42 Å². The van der Waals surface area contributed by atoms with Gasteiger partial charge in [-0.25, -0.2) is 9.97 Å². The second kappa shape index (κ2) is 3.61. The fraction of sp³-hybridized carbons (Fsp3) is 0.250. The van der Waals surface area contributed by atoms with Crippen LogP contribution in [0.1, 0.15) is 11.8 Å². The molecule has 2 heterocycles. The molecule has 0 spiro atoms. The van der Waals surface area contributed by atoms with E-state index in [1.165, 1.54) is 11.2 Å². The SMILES string of the molecule is CCc1cc2c(N=[N+]=[N-])ncnc2s1. The van der Waals surface area contributed by atoms with E-state index in [9.17, 15) is 0 Å². The van der Waals surface area contributed by atoms with E-state index in [0.717, 1.165) is 16.6 Å². The highest BCUT2D eigenvalue weighted by atomic mass is 32.1. The third-order valence-corrected chi connectivity index (χ3v) is 3.03. The molecule has 2 rings (SSSR count). The first-order valence-electron chi connectivity index (χ1n) is 4.13. The number of hydrogen-bond acceptors (Lipinski definition) is 4. The van der Waals surface area contributed by atoms with E-state index in [1.807, 2.05) is 6.07 Å². The average Bonchev–Trinajstić information content (AvgIpc) is 2.62. The Morgan fingerprint density at radius 2 is 2.43 bits per heavy atom. The molecule has 5 nitrogen and oxygen atoms in total. The highest BCUT2D eigenvalue weighted by molar-refractivity contribution is 7.18. The van der Waals surface area contributed by atoms with Gasteiger partial charge in [0.2, 0.25) is 0 Å². The minimum atomic E-state index is 0.411. The second-order valence-electron chi connectivity index (χ2n) is 2.67. The van der Waals surface area contributed by atoms with Gasteiger partial charge in [-0.15, -0.1) is 11.3 Å². The Bertz CT molecular complexity index is 511. The molecule has 0 fully saturated rings. The van der Waals surface area contributed by atoms with Crippen LogP contribution in [0.4, 0.5) is 5.82 Å². The zero-order chi connectivity index (χ0) is 9.97. The fourth-order valence-corrected chi connectivity index (χ4v) is 2.12. The molecule has 14 heavy (non-hydrogen) atoms. The lowest BCUT2D eigenvalue weighted by Crippen LogP contribution is -1.76. The van der Waals surface area contributed by atoms with Crippen molar-refractivity contribution in [2.45, 2.75) is 13.3 Å². The Balaban J connectivity index is 2.72. The summed E-state index contributed by atoms with van der Waals surface area (Å²) in [5.74, 6) is 0.411. The van der Waals surface area contributed by atoms with Crippen molar-refractivity contribution in [3.05, 3.63) is 27.7 Å². The van der Waals surface area contributed by atoms with Crippen LogP contribution in [0.2, 0.25) is 0 Å². The predicted octanol–water partition coefficient (Wildman–Crippen LogP) is 3.20. The van der Waals surface area contributed by atoms with Crippen LogP contribution < -0.4 is 0 Å². The number of nitrogens with zero attached hydrogens (tertiary/aromatic N) is 5. The molecule has 0 aliphatic rings. The molecule has 0 aromatic carbocycles. The summed E-state index contributed by atoms with van der Waals surface area (Å²) in [6.07, 6.45) is 2.37. The lowest BCUT2D eigenvalue weighted by Gasteiger charge is -1.90. The first-order chi connectivity index (χ1) is 6.85. The van der Waals surface area contributed by atoms with E-state index in [2.05, 4.69) is 26.9 Å². The van der Waals surface area contributed by atoms with E-state index in [1.54, 1.807) is 11.3 Å². The molecule has 70 valence electrons. The molecule has 6 heteroatoms. The summed E-state index contributed by atoms with van der Waals surface area (Å²) in [6.45, 7) is 2.07. The molecule has 0 amide bonds. The molecule has 0 N–H and O–H groups in total. The van der Waals surface area contributed by atoms with E-state index in [0.29, 0.717) is 5.82 Å². The number of aromatic nitrogens is 2. The van der Waals surface area contributed by atoms with Crippen molar-refractivity contribution in [1.29, 1.82) is 0 Å². The summed E-state index contributed by atoms with van der Waals surface area (Å²) in [5.41, 5.74) is 8.34. The summed E-state index contributed by atoms with van der Waals surface area (Å²) in [4.78, 5) is 12.9. The number of aryl methyl sites for hydroxylation is 1. The van der Waals surface area contributed by atoms with Gasteiger partial charge in [0, 0.05) is 15.2 Å². The molecule has 0 aliphatic carbocycles.